The summed E-state index contributed by atoms with van der Waals surface area (Å²) < 4.78 is 15.4. The Morgan fingerprint density at radius 3 is 2.88 bits per heavy atom. The molecule has 0 amide bonds. The van der Waals surface area contributed by atoms with E-state index in [1.807, 2.05) is 22.6 Å². The summed E-state index contributed by atoms with van der Waals surface area (Å²) in [6.07, 6.45) is 1.72. The van der Waals surface area contributed by atoms with Crippen molar-refractivity contribution >= 4 is 28.6 Å². The van der Waals surface area contributed by atoms with E-state index in [0.717, 1.165) is 0 Å². The van der Waals surface area contributed by atoms with Gasteiger partial charge in [0.15, 0.2) is 11.5 Å². The summed E-state index contributed by atoms with van der Waals surface area (Å²) in [5, 5.41) is 0. The molecule has 16 heavy (non-hydrogen) atoms. The number of carbonyl (C=O) groups is 1. The predicted octanol–water partition coefficient (Wildman–Crippen LogP) is 1.56. The highest BCUT2D eigenvalue weighted by molar-refractivity contribution is 14.1. The first-order chi connectivity index (χ1) is 7.54. The Morgan fingerprint density at radius 2 is 2.38 bits per heavy atom. The highest BCUT2D eigenvalue weighted by Gasteiger charge is 2.15. The van der Waals surface area contributed by atoms with Gasteiger partial charge >= 0.3 is 5.97 Å². The summed E-state index contributed by atoms with van der Waals surface area (Å²) in [5.74, 6) is 0.602. The van der Waals surface area contributed by atoms with Gasteiger partial charge in [0.25, 0.3) is 0 Å². The molecule has 1 fully saturated rings. The van der Waals surface area contributed by atoms with Crippen molar-refractivity contribution < 1.29 is 19.0 Å². The molecule has 0 bridgehead atoms. The number of carbonyl (C=O) groups excluding carboxylic acids is 1. The SMILES string of the molecule is C=C1OCO/C1=C/C(I)=C(/N)CC(=O)OC. The lowest BCUT2D eigenvalue weighted by Crippen LogP contribution is -2.08. The molecule has 0 aromatic carbocycles. The zero-order valence-corrected chi connectivity index (χ0v) is 10.9. The van der Waals surface area contributed by atoms with Gasteiger partial charge in [-0.25, -0.2) is 0 Å². The molecule has 0 aliphatic carbocycles. The quantitative estimate of drug-likeness (QED) is 0.625. The molecule has 88 valence electrons. The average molecular weight is 337 g/mol. The first-order valence-electron chi connectivity index (χ1n) is 4.42. The highest BCUT2D eigenvalue weighted by Crippen LogP contribution is 2.24. The lowest BCUT2D eigenvalue weighted by Gasteiger charge is -2.02. The molecular weight excluding hydrogens is 325 g/mol. The van der Waals surface area contributed by atoms with E-state index >= 15 is 0 Å². The third-order valence-corrected chi connectivity index (χ3v) is 2.85. The van der Waals surface area contributed by atoms with Crippen molar-refractivity contribution in [2.75, 3.05) is 13.9 Å². The molecule has 1 aliphatic rings. The number of esters is 1. The van der Waals surface area contributed by atoms with Gasteiger partial charge in [0.05, 0.1) is 13.5 Å². The largest absolute Gasteiger partial charge is 0.469 e. The summed E-state index contributed by atoms with van der Waals surface area (Å²) in [7, 11) is 1.32. The third kappa shape index (κ3) is 3.44. The van der Waals surface area contributed by atoms with Gasteiger partial charge in [-0.05, 0) is 28.7 Å². The summed E-state index contributed by atoms with van der Waals surface area (Å²) in [5.41, 5.74) is 6.14. The third-order valence-electron chi connectivity index (χ3n) is 1.85. The number of ether oxygens (including phenoxy) is 3. The molecule has 0 aromatic heterocycles. The molecule has 1 rings (SSSR count). The number of methoxy groups -OCH3 is 1. The van der Waals surface area contributed by atoms with Crippen LogP contribution in [0, 0.1) is 0 Å². The Balaban J connectivity index is 2.75. The average Bonchev–Trinajstić information content (AvgIpc) is 2.64. The van der Waals surface area contributed by atoms with Crippen LogP contribution in [0.4, 0.5) is 0 Å². The van der Waals surface area contributed by atoms with E-state index in [2.05, 4.69) is 11.3 Å². The van der Waals surface area contributed by atoms with Crippen molar-refractivity contribution in [3.05, 3.63) is 33.5 Å². The van der Waals surface area contributed by atoms with E-state index in [4.69, 9.17) is 15.2 Å². The zero-order valence-electron chi connectivity index (χ0n) is 8.79. The van der Waals surface area contributed by atoms with E-state index in [1.54, 1.807) is 6.08 Å². The fourth-order valence-corrected chi connectivity index (χ4v) is 1.43. The number of halogens is 1. The minimum atomic E-state index is -0.382. The van der Waals surface area contributed by atoms with Crippen LogP contribution in [-0.4, -0.2) is 19.9 Å². The van der Waals surface area contributed by atoms with Crippen LogP contribution < -0.4 is 5.73 Å². The lowest BCUT2D eigenvalue weighted by atomic mass is 10.3. The first-order valence-corrected chi connectivity index (χ1v) is 5.50. The predicted molar refractivity (Wildman–Crippen MR) is 66.1 cm³/mol. The molecule has 0 spiro atoms. The van der Waals surface area contributed by atoms with Crippen LogP contribution in [0.15, 0.2) is 33.5 Å². The van der Waals surface area contributed by atoms with E-state index in [9.17, 15) is 4.79 Å². The van der Waals surface area contributed by atoms with Crippen molar-refractivity contribution in [2.24, 2.45) is 5.73 Å². The van der Waals surface area contributed by atoms with Gasteiger partial charge in [0.2, 0.25) is 6.79 Å². The van der Waals surface area contributed by atoms with Gasteiger partial charge in [-0.2, -0.15) is 0 Å². The Kier molecular flexibility index (Phi) is 4.66. The fraction of sp³-hybridized carbons (Fsp3) is 0.300. The van der Waals surface area contributed by atoms with E-state index < -0.39 is 0 Å². The van der Waals surface area contributed by atoms with E-state index in [0.29, 0.717) is 20.8 Å². The van der Waals surface area contributed by atoms with Crippen LogP contribution >= 0.6 is 22.6 Å². The maximum absolute atomic E-state index is 11.0. The number of nitrogens with two attached hydrogens (primary N) is 1. The number of rotatable bonds is 3. The zero-order chi connectivity index (χ0) is 12.1. The van der Waals surface area contributed by atoms with Gasteiger partial charge in [0.1, 0.15) is 0 Å². The van der Waals surface area contributed by atoms with Crippen LogP contribution in [-0.2, 0) is 19.0 Å². The molecule has 0 aromatic rings. The molecule has 6 heteroatoms. The topological polar surface area (TPSA) is 70.8 Å². The number of hydrogen-bond acceptors (Lipinski definition) is 5. The van der Waals surface area contributed by atoms with Crippen molar-refractivity contribution in [1.82, 2.24) is 0 Å². The Morgan fingerprint density at radius 1 is 1.69 bits per heavy atom. The molecule has 0 atom stereocenters. The van der Waals surface area contributed by atoms with Gasteiger partial charge in [-0.15, -0.1) is 0 Å². The summed E-state index contributed by atoms with van der Waals surface area (Å²) in [4.78, 5) is 11.0. The molecule has 0 unspecified atom stereocenters. The molecular formula is C10H12INO4. The summed E-state index contributed by atoms with van der Waals surface area (Å²) in [6.45, 7) is 3.81. The molecule has 0 radical (unpaired) electrons. The molecule has 5 nitrogen and oxygen atoms in total. The van der Waals surface area contributed by atoms with Gasteiger partial charge < -0.3 is 19.9 Å². The van der Waals surface area contributed by atoms with Gasteiger partial charge in [0, 0.05) is 9.28 Å². The Bertz CT molecular complexity index is 373. The normalized spacial score (nSPS) is 18.9. The smallest absolute Gasteiger partial charge is 0.311 e. The maximum Gasteiger partial charge on any atom is 0.311 e. The number of hydrogen-bond donors (Lipinski definition) is 1. The lowest BCUT2D eigenvalue weighted by molar-refractivity contribution is -0.139. The second kappa shape index (κ2) is 5.78. The Labute approximate surface area is 107 Å². The minimum Gasteiger partial charge on any atom is -0.469 e. The maximum atomic E-state index is 11.0. The van der Waals surface area contributed by atoms with Crippen LogP contribution in [0.2, 0.25) is 0 Å². The second-order valence-corrected chi connectivity index (χ2v) is 4.13. The van der Waals surface area contributed by atoms with Crippen LogP contribution in [0.5, 0.6) is 0 Å². The molecule has 0 saturated carbocycles. The van der Waals surface area contributed by atoms with Crippen molar-refractivity contribution in [3.63, 3.8) is 0 Å². The second-order valence-electron chi connectivity index (χ2n) is 2.96. The summed E-state index contributed by atoms with van der Waals surface area (Å²) >= 11 is 2.01. The first kappa shape index (κ1) is 12.9. The molecule has 2 N–H and O–H groups in total. The van der Waals surface area contributed by atoms with Crippen LogP contribution in [0.1, 0.15) is 6.42 Å². The van der Waals surface area contributed by atoms with E-state index in [1.165, 1.54) is 7.11 Å². The van der Waals surface area contributed by atoms with Crippen LogP contribution in [0.25, 0.3) is 0 Å². The van der Waals surface area contributed by atoms with Crippen LogP contribution in [0.3, 0.4) is 0 Å². The van der Waals surface area contributed by atoms with E-state index in [-0.39, 0.29) is 19.2 Å². The monoisotopic (exact) mass is 337 g/mol. The molecule has 1 aliphatic heterocycles. The fourth-order valence-electron chi connectivity index (χ4n) is 0.958. The molecule has 1 heterocycles. The van der Waals surface area contributed by atoms with Crippen molar-refractivity contribution in [2.45, 2.75) is 6.42 Å². The van der Waals surface area contributed by atoms with Gasteiger partial charge in [-0.1, -0.05) is 6.58 Å². The van der Waals surface area contributed by atoms with Crippen molar-refractivity contribution in [1.29, 1.82) is 0 Å². The highest BCUT2D eigenvalue weighted by atomic mass is 127. The standard InChI is InChI=1S/C10H12INO4/c1-6-9(16-5-15-6)3-7(11)8(12)4-10(13)14-2/h3H,1,4-5,12H2,2H3/b8-7-,9-3+. The summed E-state index contributed by atoms with van der Waals surface area (Å²) in [6, 6.07) is 0. The van der Waals surface area contributed by atoms with Crippen molar-refractivity contribution in [3.8, 4) is 0 Å². The Hall–Kier alpha value is -1.18. The molecule has 1 saturated heterocycles. The van der Waals surface area contributed by atoms with Gasteiger partial charge in [-0.3, -0.25) is 4.79 Å². The number of allylic oxidation sites excluding steroid dienone is 2. The minimum absolute atomic E-state index is 0.0475.